The first kappa shape index (κ1) is 13.1. The second-order valence-electron chi connectivity index (χ2n) is 6.51. The third kappa shape index (κ3) is 3.17. The Morgan fingerprint density at radius 3 is 2.79 bits per heavy atom. The average molecular weight is 259 g/mol. The summed E-state index contributed by atoms with van der Waals surface area (Å²) in [5, 5.41) is 10.5. The molecule has 2 aliphatic rings. The van der Waals surface area contributed by atoms with Gasteiger partial charge < -0.3 is 5.11 Å². The number of aromatic nitrogens is 1. The summed E-state index contributed by atoms with van der Waals surface area (Å²) in [5.41, 5.74) is 1.17. The number of fused-ring (bicyclic) bond motifs is 1. The van der Waals surface area contributed by atoms with Gasteiger partial charge in [0.05, 0.1) is 6.10 Å². The molecule has 0 saturated heterocycles. The molecule has 1 aromatic heterocycles. The third-order valence-electron chi connectivity index (χ3n) is 5.29. The summed E-state index contributed by atoms with van der Waals surface area (Å²) in [7, 11) is 0. The Bertz CT molecular complexity index is 392. The Hall–Kier alpha value is -0.890. The zero-order chi connectivity index (χ0) is 13.1. The van der Waals surface area contributed by atoms with E-state index in [0.717, 1.165) is 18.3 Å². The van der Waals surface area contributed by atoms with E-state index in [0.29, 0.717) is 5.92 Å². The average Bonchev–Trinajstić information content (AvgIpc) is 2.48. The van der Waals surface area contributed by atoms with Crippen molar-refractivity contribution in [2.24, 2.45) is 17.8 Å². The first-order valence-electron chi connectivity index (χ1n) is 7.90. The van der Waals surface area contributed by atoms with Gasteiger partial charge in [-0.1, -0.05) is 31.7 Å². The summed E-state index contributed by atoms with van der Waals surface area (Å²) < 4.78 is 0. The van der Waals surface area contributed by atoms with Gasteiger partial charge in [0.25, 0.3) is 0 Å². The van der Waals surface area contributed by atoms with Crippen molar-refractivity contribution >= 4 is 0 Å². The highest BCUT2D eigenvalue weighted by Gasteiger charge is 2.34. The molecule has 2 aliphatic carbocycles. The molecule has 1 aromatic rings. The van der Waals surface area contributed by atoms with E-state index in [-0.39, 0.29) is 6.10 Å². The fourth-order valence-corrected chi connectivity index (χ4v) is 4.19. The second kappa shape index (κ2) is 6.04. The van der Waals surface area contributed by atoms with Crippen LogP contribution < -0.4 is 0 Å². The Morgan fingerprint density at radius 1 is 1.16 bits per heavy atom. The Labute approximate surface area is 116 Å². The lowest BCUT2D eigenvalue weighted by Gasteiger charge is -2.40. The quantitative estimate of drug-likeness (QED) is 0.900. The minimum atomic E-state index is -0.174. The lowest BCUT2D eigenvalue weighted by molar-refractivity contribution is 0.0360. The summed E-state index contributed by atoms with van der Waals surface area (Å²) in [5.74, 6) is 2.38. The van der Waals surface area contributed by atoms with Crippen LogP contribution in [0.1, 0.15) is 50.5 Å². The Kier molecular flexibility index (Phi) is 4.17. The molecule has 104 valence electrons. The molecule has 4 unspecified atom stereocenters. The van der Waals surface area contributed by atoms with Gasteiger partial charge in [0, 0.05) is 18.8 Å². The van der Waals surface area contributed by atoms with Crippen LogP contribution >= 0.6 is 0 Å². The number of aliphatic hydroxyl groups excluding tert-OH is 1. The van der Waals surface area contributed by atoms with Crippen molar-refractivity contribution in [3.05, 3.63) is 30.1 Å². The zero-order valence-electron chi connectivity index (χ0n) is 11.7. The molecule has 0 radical (unpaired) electrons. The topological polar surface area (TPSA) is 33.1 Å². The maximum Gasteiger partial charge on any atom is 0.0609 e. The van der Waals surface area contributed by atoms with Crippen LogP contribution in [0.4, 0.5) is 0 Å². The lowest BCUT2D eigenvalue weighted by Crippen LogP contribution is -2.34. The smallest absolute Gasteiger partial charge is 0.0609 e. The predicted molar refractivity (Wildman–Crippen MR) is 76.7 cm³/mol. The molecule has 1 heterocycles. The standard InChI is InChI=1S/C17H25NO/c19-17(10-13-4-3-9-18-12-13)16-8-7-14-5-1-2-6-15(14)11-16/h3-4,9,12,14-17,19H,1-2,5-8,10-11H2. The van der Waals surface area contributed by atoms with Gasteiger partial charge in [-0.15, -0.1) is 0 Å². The van der Waals surface area contributed by atoms with Crippen LogP contribution in [0.3, 0.4) is 0 Å². The number of hydrogen-bond acceptors (Lipinski definition) is 2. The highest BCUT2D eigenvalue weighted by Crippen LogP contribution is 2.43. The fraction of sp³-hybridized carbons (Fsp3) is 0.706. The van der Waals surface area contributed by atoms with E-state index in [2.05, 4.69) is 11.1 Å². The molecular weight excluding hydrogens is 234 g/mol. The van der Waals surface area contributed by atoms with Crippen molar-refractivity contribution in [2.75, 3.05) is 0 Å². The van der Waals surface area contributed by atoms with Gasteiger partial charge in [0.15, 0.2) is 0 Å². The van der Waals surface area contributed by atoms with Gasteiger partial charge in [-0.05, 0) is 48.6 Å². The van der Waals surface area contributed by atoms with Crippen molar-refractivity contribution in [3.63, 3.8) is 0 Å². The molecule has 1 N–H and O–H groups in total. The minimum absolute atomic E-state index is 0.174. The molecule has 0 spiro atoms. The highest BCUT2D eigenvalue weighted by molar-refractivity contribution is 5.10. The van der Waals surface area contributed by atoms with Gasteiger partial charge in [0.1, 0.15) is 0 Å². The van der Waals surface area contributed by atoms with Crippen LogP contribution in [-0.4, -0.2) is 16.2 Å². The molecule has 0 aromatic carbocycles. The highest BCUT2D eigenvalue weighted by atomic mass is 16.3. The van der Waals surface area contributed by atoms with Crippen LogP contribution in [0.5, 0.6) is 0 Å². The maximum absolute atomic E-state index is 10.5. The zero-order valence-corrected chi connectivity index (χ0v) is 11.7. The van der Waals surface area contributed by atoms with Gasteiger partial charge in [-0.2, -0.15) is 0 Å². The molecule has 0 aliphatic heterocycles. The largest absolute Gasteiger partial charge is 0.392 e. The molecule has 2 saturated carbocycles. The van der Waals surface area contributed by atoms with Crippen molar-refractivity contribution in [3.8, 4) is 0 Å². The van der Waals surface area contributed by atoms with Crippen molar-refractivity contribution in [2.45, 2.75) is 57.5 Å². The Morgan fingerprint density at radius 2 is 2.00 bits per heavy atom. The van der Waals surface area contributed by atoms with Crippen LogP contribution in [0.15, 0.2) is 24.5 Å². The lowest BCUT2D eigenvalue weighted by atomic mass is 9.66. The second-order valence-corrected chi connectivity index (χ2v) is 6.51. The molecule has 2 nitrogen and oxygen atoms in total. The van der Waals surface area contributed by atoms with Gasteiger partial charge in [-0.3, -0.25) is 4.98 Å². The van der Waals surface area contributed by atoms with E-state index in [1.165, 1.54) is 50.5 Å². The first-order chi connectivity index (χ1) is 9.33. The molecule has 2 heteroatoms. The first-order valence-corrected chi connectivity index (χ1v) is 7.90. The predicted octanol–water partition coefficient (Wildman–Crippen LogP) is 3.59. The number of rotatable bonds is 3. The third-order valence-corrected chi connectivity index (χ3v) is 5.29. The molecule has 0 amide bonds. The van der Waals surface area contributed by atoms with Gasteiger partial charge >= 0.3 is 0 Å². The number of hydrogen-bond donors (Lipinski definition) is 1. The van der Waals surface area contributed by atoms with Crippen LogP contribution in [0.25, 0.3) is 0 Å². The van der Waals surface area contributed by atoms with E-state index < -0.39 is 0 Å². The molecular formula is C17H25NO. The SMILES string of the molecule is OC(Cc1cccnc1)C1CCC2CCCCC2C1. The molecule has 4 atom stereocenters. The number of nitrogens with zero attached hydrogens (tertiary/aromatic N) is 1. The maximum atomic E-state index is 10.5. The van der Waals surface area contributed by atoms with E-state index in [4.69, 9.17) is 0 Å². The summed E-state index contributed by atoms with van der Waals surface area (Å²) >= 11 is 0. The monoisotopic (exact) mass is 259 g/mol. The van der Waals surface area contributed by atoms with Crippen molar-refractivity contribution < 1.29 is 5.11 Å². The summed E-state index contributed by atoms with van der Waals surface area (Å²) in [6.07, 6.45) is 13.8. The Balaban J connectivity index is 1.57. The van der Waals surface area contributed by atoms with Gasteiger partial charge in [0.2, 0.25) is 0 Å². The van der Waals surface area contributed by atoms with E-state index >= 15 is 0 Å². The van der Waals surface area contributed by atoms with E-state index in [1.807, 2.05) is 12.3 Å². The molecule has 2 fully saturated rings. The van der Waals surface area contributed by atoms with Crippen LogP contribution in [-0.2, 0) is 6.42 Å². The number of pyridine rings is 1. The van der Waals surface area contributed by atoms with Crippen molar-refractivity contribution in [1.29, 1.82) is 0 Å². The normalized spacial score (nSPS) is 32.6. The van der Waals surface area contributed by atoms with E-state index in [1.54, 1.807) is 6.20 Å². The van der Waals surface area contributed by atoms with Crippen molar-refractivity contribution in [1.82, 2.24) is 4.98 Å². The number of aliphatic hydroxyl groups is 1. The molecule has 19 heavy (non-hydrogen) atoms. The molecule has 0 bridgehead atoms. The summed E-state index contributed by atoms with van der Waals surface area (Å²) in [4.78, 5) is 4.14. The minimum Gasteiger partial charge on any atom is -0.392 e. The van der Waals surface area contributed by atoms with Crippen LogP contribution in [0, 0.1) is 17.8 Å². The van der Waals surface area contributed by atoms with Crippen LogP contribution in [0.2, 0.25) is 0 Å². The molecule has 3 rings (SSSR count). The van der Waals surface area contributed by atoms with E-state index in [9.17, 15) is 5.11 Å². The fourth-order valence-electron chi connectivity index (χ4n) is 4.19. The summed E-state index contributed by atoms with van der Waals surface area (Å²) in [6, 6.07) is 4.03. The van der Waals surface area contributed by atoms with Gasteiger partial charge in [-0.25, -0.2) is 0 Å². The summed E-state index contributed by atoms with van der Waals surface area (Å²) in [6.45, 7) is 0.